The van der Waals surface area contributed by atoms with Crippen molar-refractivity contribution < 1.29 is 13.6 Å². The smallest absolute Gasteiger partial charge is 0.225 e. The number of nitrogens with two attached hydrogens (primary N) is 1. The van der Waals surface area contributed by atoms with E-state index in [-0.39, 0.29) is 36.8 Å². The van der Waals surface area contributed by atoms with Crippen molar-refractivity contribution in [3.63, 3.8) is 0 Å². The topological polar surface area (TPSA) is 70.1 Å². The summed E-state index contributed by atoms with van der Waals surface area (Å²) >= 11 is 0. The van der Waals surface area contributed by atoms with Gasteiger partial charge in [-0.2, -0.15) is 5.26 Å². The van der Waals surface area contributed by atoms with Crippen LogP contribution in [0.2, 0.25) is 0 Å². The fourth-order valence-electron chi connectivity index (χ4n) is 3.95. The molecule has 1 aromatic rings. The zero-order valence-electron chi connectivity index (χ0n) is 12.7. The van der Waals surface area contributed by atoms with Gasteiger partial charge in [0.15, 0.2) is 0 Å². The average Bonchev–Trinajstić information content (AvgIpc) is 3.05. The maximum atomic E-state index is 13.2. The van der Waals surface area contributed by atoms with Crippen LogP contribution in [-0.2, 0) is 11.2 Å². The zero-order valence-corrected chi connectivity index (χ0v) is 12.7. The molecule has 2 fully saturated rings. The van der Waals surface area contributed by atoms with E-state index in [1.165, 1.54) is 12.1 Å². The third kappa shape index (κ3) is 3.20. The fourth-order valence-corrected chi connectivity index (χ4v) is 3.95. The standard InChI is InChI=1S/C17H19F2N3O/c18-12-3-10(4-13(19)7-12)5-14(21)8-17(23)22-15-2-1-11(6-15)16(22)9-20/h3-4,7,11,14-16H,1-2,5-6,8,21H2/t11?,14-,15?,16-/m1/s1. The van der Waals surface area contributed by atoms with Crippen LogP contribution in [0, 0.1) is 28.9 Å². The Balaban J connectivity index is 1.62. The monoisotopic (exact) mass is 319 g/mol. The number of hydrogen-bond donors (Lipinski definition) is 1. The van der Waals surface area contributed by atoms with Crippen LogP contribution in [0.25, 0.3) is 0 Å². The second-order valence-electron chi connectivity index (χ2n) is 6.55. The number of fused-ring (bicyclic) bond motifs is 2. The lowest BCUT2D eigenvalue weighted by molar-refractivity contribution is -0.134. The highest BCUT2D eigenvalue weighted by molar-refractivity contribution is 5.78. The van der Waals surface area contributed by atoms with Crippen molar-refractivity contribution in [2.75, 3.05) is 0 Å². The lowest BCUT2D eigenvalue weighted by atomic mass is 9.98. The van der Waals surface area contributed by atoms with Crippen molar-refractivity contribution in [1.29, 1.82) is 5.26 Å². The van der Waals surface area contributed by atoms with Gasteiger partial charge >= 0.3 is 0 Å². The van der Waals surface area contributed by atoms with Gasteiger partial charge in [-0.25, -0.2) is 8.78 Å². The molecule has 2 unspecified atom stereocenters. The van der Waals surface area contributed by atoms with Gasteiger partial charge in [0, 0.05) is 24.6 Å². The minimum atomic E-state index is -0.653. The third-order valence-corrected chi connectivity index (χ3v) is 4.86. The minimum Gasteiger partial charge on any atom is -0.327 e. The Hall–Kier alpha value is -2.00. The fraction of sp³-hybridized carbons (Fsp3) is 0.529. The Kier molecular flexibility index (Phi) is 4.31. The molecule has 23 heavy (non-hydrogen) atoms. The van der Waals surface area contributed by atoms with Crippen molar-refractivity contribution in [2.24, 2.45) is 11.7 Å². The Bertz CT molecular complexity index is 637. The van der Waals surface area contributed by atoms with E-state index in [1.807, 2.05) is 0 Å². The van der Waals surface area contributed by atoms with Crippen LogP contribution in [-0.4, -0.2) is 28.9 Å². The second kappa shape index (κ2) is 6.25. The SMILES string of the molecule is N#C[C@@H]1C2CCC(C2)N1C(=O)C[C@H](N)Cc1cc(F)cc(F)c1. The molecule has 122 valence electrons. The molecule has 1 aliphatic heterocycles. The molecule has 1 heterocycles. The summed E-state index contributed by atoms with van der Waals surface area (Å²) < 4.78 is 26.4. The number of hydrogen-bond acceptors (Lipinski definition) is 3. The highest BCUT2D eigenvalue weighted by Gasteiger charge is 2.48. The van der Waals surface area contributed by atoms with Crippen LogP contribution in [0.5, 0.6) is 0 Å². The number of nitrogens with zero attached hydrogens (tertiary/aromatic N) is 2. The van der Waals surface area contributed by atoms with Crippen LogP contribution < -0.4 is 5.73 Å². The summed E-state index contributed by atoms with van der Waals surface area (Å²) in [4.78, 5) is 14.2. The molecule has 4 atom stereocenters. The van der Waals surface area contributed by atoms with E-state index in [2.05, 4.69) is 6.07 Å². The highest BCUT2D eigenvalue weighted by atomic mass is 19.1. The van der Waals surface area contributed by atoms with Crippen LogP contribution in [0.4, 0.5) is 8.78 Å². The summed E-state index contributed by atoms with van der Waals surface area (Å²) in [6.45, 7) is 0. The number of amides is 1. The molecule has 1 amide bonds. The van der Waals surface area contributed by atoms with Crippen LogP contribution in [0.3, 0.4) is 0 Å². The molecular formula is C17H19F2N3O. The Morgan fingerprint density at radius 1 is 1.35 bits per heavy atom. The first kappa shape index (κ1) is 15.9. The Morgan fingerprint density at radius 3 is 2.70 bits per heavy atom. The van der Waals surface area contributed by atoms with Gasteiger partial charge in [-0.15, -0.1) is 0 Å². The molecule has 1 aromatic carbocycles. The van der Waals surface area contributed by atoms with Crippen molar-refractivity contribution in [2.45, 2.75) is 50.2 Å². The lowest BCUT2D eigenvalue weighted by Gasteiger charge is -2.32. The molecule has 3 rings (SSSR count). The highest BCUT2D eigenvalue weighted by Crippen LogP contribution is 2.42. The first-order valence-corrected chi connectivity index (χ1v) is 7.89. The van der Waals surface area contributed by atoms with Gasteiger partial charge in [0.2, 0.25) is 5.91 Å². The van der Waals surface area contributed by atoms with Gasteiger partial charge in [0.05, 0.1) is 6.07 Å². The summed E-state index contributed by atoms with van der Waals surface area (Å²) in [6, 6.07) is 4.76. The number of carbonyl (C=O) groups is 1. The minimum absolute atomic E-state index is 0.0829. The summed E-state index contributed by atoms with van der Waals surface area (Å²) in [5.41, 5.74) is 6.42. The van der Waals surface area contributed by atoms with Gasteiger partial charge in [-0.05, 0) is 49.3 Å². The second-order valence-corrected chi connectivity index (χ2v) is 6.55. The van der Waals surface area contributed by atoms with E-state index >= 15 is 0 Å². The molecule has 1 aliphatic carbocycles. The Morgan fingerprint density at radius 2 is 2.04 bits per heavy atom. The molecule has 2 bridgehead atoms. The summed E-state index contributed by atoms with van der Waals surface area (Å²) in [5.74, 6) is -1.16. The molecular weight excluding hydrogens is 300 g/mol. The molecule has 0 radical (unpaired) electrons. The molecule has 1 saturated heterocycles. The lowest BCUT2D eigenvalue weighted by Crippen LogP contribution is -2.46. The summed E-state index contributed by atoms with van der Waals surface area (Å²) in [5, 5.41) is 9.28. The largest absolute Gasteiger partial charge is 0.327 e. The zero-order chi connectivity index (χ0) is 16.6. The number of benzene rings is 1. The number of likely N-dealkylation sites (tertiary alicyclic amines) is 1. The molecule has 0 aromatic heterocycles. The Labute approximate surface area is 133 Å². The number of halogens is 2. The van der Waals surface area contributed by atoms with E-state index in [9.17, 15) is 18.8 Å². The predicted octanol–water partition coefficient (Wildman–Crippen LogP) is 2.13. The van der Waals surface area contributed by atoms with Crippen molar-refractivity contribution in [1.82, 2.24) is 4.90 Å². The van der Waals surface area contributed by atoms with Gasteiger partial charge in [0.25, 0.3) is 0 Å². The quantitative estimate of drug-likeness (QED) is 0.924. The average molecular weight is 319 g/mol. The van der Waals surface area contributed by atoms with Crippen molar-refractivity contribution in [3.05, 3.63) is 35.4 Å². The first-order valence-electron chi connectivity index (χ1n) is 7.89. The number of nitriles is 1. The van der Waals surface area contributed by atoms with Gasteiger partial charge in [0.1, 0.15) is 17.7 Å². The summed E-state index contributed by atoms with van der Waals surface area (Å²) in [7, 11) is 0. The molecule has 2 aliphatic rings. The van der Waals surface area contributed by atoms with E-state index < -0.39 is 17.7 Å². The molecule has 1 saturated carbocycles. The van der Waals surface area contributed by atoms with Crippen LogP contribution >= 0.6 is 0 Å². The van der Waals surface area contributed by atoms with Crippen molar-refractivity contribution >= 4 is 5.91 Å². The number of carbonyl (C=O) groups excluding carboxylic acids is 1. The van der Waals surface area contributed by atoms with Crippen LogP contribution in [0.1, 0.15) is 31.2 Å². The van der Waals surface area contributed by atoms with E-state index in [0.29, 0.717) is 5.56 Å². The summed E-state index contributed by atoms with van der Waals surface area (Å²) in [6.07, 6.45) is 3.15. The molecule has 4 nitrogen and oxygen atoms in total. The molecule has 2 N–H and O–H groups in total. The van der Waals surface area contributed by atoms with Gasteiger partial charge < -0.3 is 10.6 Å². The molecule has 6 heteroatoms. The predicted molar refractivity (Wildman–Crippen MR) is 80.0 cm³/mol. The van der Waals surface area contributed by atoms with Crippen LogP contribution in [0.15, 0.2) is 18.2 Å². The number of rotatable bonds is 4. The third-order valence-electron chi connectivity index (χ3n) is 4.86. The maximum absolute atomic E-state index is 13.2. The molecule has 0 spiro atoms. The van der Waals surface area contributed by atoms with Crippen molar-refractivity contribution in [3.8, 4) is 6.07 Å². The number of piperidine rings is 1. The first-order chi connectivity index (χ1) is 11.0. The van der Waals surface area contributed by atoms with E-state index in [1.54, 1.807) is 4.90 Å². The maximum Gasteiger partial charge on any atom is 0.225 e. The van der Waals surface area contributed by atoms with E-state index in [0.717, 1.165) is 25.3 Å². The van der Waals surface area contributed by atoms with Gasteiger partial charge in [-0.3, -0.25) is 4.79 Å². The van der Waals surface area contributed by atoms with Gasteiger partial charge in [-0.1, -0.05) is 0 Å². The van der Waals surface area contributed by atoms with E-state index in [4.69, 9.17) is 5.73 Å². The normalized spacial score (nSPS) is 27.0.